The Balaban J connectivity index is 1.50. The Morgan fingerprint density at radius 2 is 2.00 bits per heavy atom. The molecule has 3 rings (SSSR count). The summed E-state index contributed by atoms with van der Waals surface area (Å²) < 4.78 is 1.11. The lowest BCUT2D eigenvalue weighted by Crippen LogP contribution is -2.41. The molecule has 0 radical (unpaired) electrons. The van der Waals surface area contributed by atoms with Crippen molar-refractivity contribution in [3.8, 4) is 0 Å². The van der Waals surface area contributed by atoms with Crippen molar-refractivity contribution in [2.75, 3.05) is 26.2 Å². The fourth-order valence-corrected chi connectivity index (χ4v) is 3.24. The van der Waals surface area contributed by atoms with Crippen molar-refractivity contribution in [2.45, 2.75) is 19.1 Å². The zero-order valence-electron chi connectivity index (χ0n) is 12.1. The van der Waals surface area contributed by atoms with Crippen LogP contribution in [0.1, 0.15) is 11.1 Å². The smallest absolute Gasteiger partial charge is 0.0841 e. The van der Waals surface area contributed by atoms with Crippen molar-refractivity contribution >= 4 is 15.9 Å². The molecular formula is C17H21BrN2O. The number of halogens is 1. The van der Waals surface area contributed by atoms with Crippen LogP contribution >= 0.6 is 15.9 Å². The zero-order chi connectivity index (χ0) is 14.7. The topological polar surface area (TPSA) is 26.7 Å². The number of allylic oxidation sites excluding steroid dienone is 2. The molecule has 0 saturated carbocycles. The van der Waals surface area contributed by atoms with Crippen LogP contribution in [0.3, 0.4) is 0 Å². The van der Waals surface area contributed by atoms with Crippen LogP contribution in [0.5, 0.6) is 0 Å². The van der Waals surface area contributed by atoms with Crippen LogP contribution in [-0.4, -0.2) is 47.2 Å². The first-order valence-electron chi connectivity index (χ1n) is 7.46. The summed E-state index contributed by atoms with van der Waals surface area (Å²) in [5.41, 5.74) is 2.86. The first-order chi connectivity index (χ1) is 10.2. The molecule has 2 aliphatic heterocycles. The summed E-state index contributed by atoms with van der Waals surface area (Å²) in [5.74, 6) is 0. The average Bonchev–Trinajstić information content (AvgIpc) is 2.49. The number of aliphatic hydroxyl groups excluding tert-OH is 1. The van der Waals surface area contributed by atoms with Gasteiger partial charge in [-0.2, -0.15) is 0 Å². The van der Waals surface area contributed by atoms with E-state index in [1.165, 1.54) is 11.1 Å². The van der Waals surface area contributed by atoms with E-state index in [4.69, 9.17) is 0 Å². The lowest BCUT2D eigenvalue weighted by molar-refractivity contribution is 0.0841. The van der Waals surface area contributed by atoms with Crippen molar-refractivity contribution in [3.63, 3.8) is 0 Å². The lowest BCUT2D eigenvalue weighted by atomic mass is 10.00. The Labute approximate surface area is 134 Å². The third-order valence-electron chi connectivity index (χ3n) is 4.09. The van der Waals surface area contributed by atoms with E-state index in [9.17, 15) is 5.11 Å². The summed E-state index contributed by atoms with van der Waals surface area (Å²) in [6.07, 6.45) is 6.95. The van der Waals surface area contributed by atoms with Gasteiger partial charge >= 0.3 is 0 Å². The van der Waals surface area contributed by atoms with Gasteiger partial charge in [-0.3, -0.25) is 4.90 Å². The van der Waals surface area contributed by atoms with Gasteiger partial charge in [0.1, 0.15) is 0 Å². The van der Waals surface area contributed by atoms with Gasteiger partial charge < -0.3 is 10.0 Å². The van der Waals surface area contributed by atoms with E-state index >= 15 is 0 Å². The molecule has 0 bridgehead atoms. The van der Waals surface area contributed by atoms with Crippen LogP contribution in [0.25, 0.3) is 0 Å². The Morgan fingerprint density at radius 1 is 1.19 bits per heavy atom. The molecule has 0 amide bonds. The average molecular weight is 349 g/mol. The molecule has 0 aliphatic carbocycles. The highest BCUT2D eigenvalue weighted by atomic mass is 79.9. The Morgan fingerprint density at radius 3 is 2.76 bits per heavy atom. The molecule has 0 unspecified atom stereocenters. The number of rotatable bonds is 4. The molecule has 2 aliphatic rings. The Kier molecular flexibility index (Phi) is 4.78. The van der Waals surface area contributed by atoms with Crippen LogP contribution in [0.4, 0.5) is 0 Å². The van der Waals surface area contributed by atoms with Gasteiger partial charge in [0.05, 0.1) is 6.10 Å². The molecule has 2 heterocycles. The normalized spacial score (nSPS) is 20.1. The van der Waals surface area contributed by atoms with Crippen molar-refractivity contribution in [1.29, 1.82) is 0 Å². The van der Waals surface area contributed by atoms with E-state index in [1.54, 1.807) is 0 Å². The maximum atomic E-state index is 10.3. The molecule has 21 heavy (non-hydrogen) atoms. The van der Waals surface area contributed by atoms with Gasteiger partial charge in [0.2, 0.25) is 0 Å². The van der Waals surface area contributed by atoms with Crippen molar-refractivity contribution < 1.29 is 5.11 Å². The monoisotopic (exact) mass is 348 g/mol. The van der Waals surface area contributed by atoms with E-state index in [1.807, 2.05) is 12.3 Å². The van der Waals surface area contributed by atoms with E-state index < -0.39 is 0 Å². The van der Waals surface area contributed by atoms with Gasteiger partial charge in [0.25, 0.3) is 0 Å². The zero-order valence-corrected chi connectivity index (χ0v) is 13.7. The number of fused-ring (bicyclic) bond motifs is 1. The molecule has 0 saturated heterocycles. The predicted octanol–water partition coefficient (Wildman–Crippen LogP) is 2.51. The van der Waals surface area contributed by atoms with Crippen LogP contribution < -0.4 is 0 Å². The molecule has 1 atom stereocenters. The molecule has 0 aromatic heterocycles. The summed E-state index contributed by atoms with van der Waals surface area (Å²) >= 11 is 3.45. The van der Waals surface area contributed by atoms with Gasteiger partial charge in [-0.25, -0.2) is 0 Å². The van der Waals surface area contributed by atoms with Gasteiger partial charge in [-0.15, -0.1) is 0 Å². The van der Waals surface area contributed by atoms with Crippen molar-refractivity contribution in [3.05, 3.63) is 58.2 Å². The SMILES string of the molecule is O[C@@H](CN1C=CC(Br)=CC1)CN1CCc2ccccc2C1. The van der Waals surface area contributed by atoms with Crippen LogP contribution in [0, 0.1) is 0 Å². The highest BCUT2D eigenvalue weighted by Crippen LogP contribution is 2.19. The van der Waals surface area contributed by atoms with Gasteiger partial charge in [0.15, 0.2) is 0 Å². The molecule has 4 heteroatoms. The van der Waals surface area contributed by atoms with E-state index in [2.05, 4.69) is 56.1 Å². The molecule has 112 valence electrons. The summed E-state index contributed by atoms with van der Waals surface area (Å²) in [6.45, 7) is 4.27. The van der Waals surface area contributed by atoms with E-state index in [0.717, 1.165) is 37.1 Å². The molecule has 0 fully saturated rings. The van der Waals surface area contributed by atoms with Crippen LogP contribution in [0.2, 0.25) is 0 Å². The largest absolute Gasteiger partial charge is 0.390 e. The summed E-state index contributed by atoms with van der Waals surface area (Å²) in [7, 11) is 0. The molecular weight excluding hydrogens is 328 g/mol. The number of hydrogen-bond acceptors (Lipinski definition) is 3. The third-order valence-corrected chi connectivity index (χ3v) is 4.68. The minimum atomic E-state index is -0.315. The standard InChI is InChI=1S/C17H21BrN2O/c18-16-6-9-19(10-7-16)12-17(21)13-20-8-5-14-3-1-2-4-15(14)11-20/h1-4,6-7,9,17,21H,5,8,10-13H2/t17-/m0/s1. The van der Waals surface area contributed by atoms with E-state index in [-0.39, 0.29) is 6.10 Å². The minimum absolute atomic E-state index is 0.315. The third kappa shape index (κ3) is 3.96. The summed E-state index contributed by atoms with van der Waals surface area (Å²) in [6, 6.07) is 8.62. The van der Waals surface area contributed by atoms with Gasteiger partial charge in [-0.1, -0.05) is 46.3 Å². The quantitative estimate of drug-likeness (QED) is 0.905. The highest BCUT2D eigenvalue weighted by molar-refractivity contribution is 9.11. The molecule has 1 N–H and O–H groups in total. The number of nitrogens with zero attached hydrogens (tertiary/aromatic N) is 2. The van der Waals surface area contributed by atoms with Gasteiger partial charge in [-0.05, 0) is 23.6 Å². The van der Waals surface area contributed by atoms with E-state index in [0.29, 0.717) is 6.54 Å². The first-order valence-corrected chi connectivity index (χ1v) is 8.25. The van der Waals surface area contributed by atoms with Crippen molar-refractivity contribution in [1.82, 2.24) is 9.80 Å². The minimum Gasteiger partial charge on any atom is -0.390 e. The number of β-amino-alcohol motifs (C(OH)–C–C–N with tert-alkyl or cyclic N) is 1. The Hall–Kier alpha value is -1.10. The first kappa shape index (κ1) is 14.8. The lowest BCUT2D eigenvalue weighted by Gasteiger charge is -2.32. The number of aliphatic hydroxyl groups is 1. The van der Waals surface area contributed by atoms with Crippen LogP contribution in [-0.2, 0) is 13.0 Å². The second kappa shape index (κ2) is 6.77. The maximum absolute atomic E-state index is 10.3. The second-order valence-corrected chi connectivity index (χ2v) is 6.68. The number of hydrogen-bond donors (Lipinski definition) is 1. The number of benzene rings is 1. The van der Waals surface area contributed by atoms with Crippen LogP contribution in [0.15, 0.2) is 47.1 Å². The second-order valence-electron chi connectivity index (χ2n) is 5.77. The van der Waals surface area contributed by atoms with Gasteiger partial charge in [0, 0.05) is 43.4 Å². The predicted molar refractivity (Wildman–Crippen MR) is 89.2 cm³/mol. The highest BCUT2D eigenvalue weighted by Gasteiger charge is 2.19. The summed E-state index contributed by atoms with van der Waals surface area (Å²) in [5, 5.41) is 10.3. The fraction of sp³-hybridized carbons (Fsp3) is 0.412. The maximum Gasteiger partial charge on any atom is 0.0841 e. The Bertz CT molecular complexity index is 555. The van der Waals surface area contributed by atoms with Crippen molar-refractivity contribution in [2.24, 2.45) is 0 Å². The summed E-state index contributed by atoms with van der Waals surface area (Å²) in [4.78, 5) is 4.50. The fourth-order valence-electron chi connectivity index (χ4n) is 2.98. The molecule has 3 nitrogen and oxygen atoms in total. The molecule has 1 aromatic rings. The molecule has 1 aromatic carbocycles. The molecule has 0 spiro atoms.